The van der Waals surface area contributed by atoms with Gasteiger partial charge in [-0.1, -0.05) is 13.8 Å². The molecule has 0 aromatic heterocycles. The van der Waals surface area contributed by atoms with Crippen molar-refractivity contribution in [2.45, 2.75) is 52.0 Å². The fourth-order valence-corrected chi connectivity index (χ4v) is 2.31. The summed E-state index contributed by atoms with van der Waals surface area (Å²) in [6.07, 6.45) is 6.70. The Morgan fingerprint density at radius 1 is 1.14 bits per heavy atom. The average molecular weight is 198 g/mol. The van der Waals surface area contributed by atoms with E-state index < -0.39 is 0 Å². The highest BCUT2D eigenvalue weighted by atomic mass is 15.1. The van der Waals surface area contributed by atoms with Gasteiger partial charge in [0, 0.05) is 6.04 Å². The van der Waals surface area contributed by atoms with Crippen molar-refractivity contribution < 1.29 is 0 Å². The molecule has 0 spiro atoms. The minimum Gasteiger partial charge on any atom is -0.314 e. The van der Waals surface area contributed by atoms with Gasteiger partial charge in [-0.15, -0.1) is 0 Å². The van der Waals surface area contributed by atoms with Crippen LogP contribution in [0.15, 0.2) is 0 Å². The van der Waals surface area contributed by atoms with Crippen molar-refractivity contribution in [1.82, 2.24) is 10.2 Å². The Labute approximate surface area is 89.1 Å². The van der Waals surface area contributed by atoms with Gasteiger partial charge in [0.25, 0.3) is 0 Å². The molecule has 2 nitrogen and oxygen atoms in total. The van der Waals surface area contributed by atoms with Crippen molar-refractivity contribution in [1.29, 1.82) is 0 Å². The second kappa shape index (κ2) is 7.24. The van der Waals surface area contributed by atoms with E-state index in [1.165, 1.54) is 58.3 Å². The molecule has 0 amide bonds. The second-order valence-corrected chi connectivity index (χ2v) is 4.42. The van der Waals surface area contributed by atoms with E-state index in [1.807, 2.05) is 0 Å². The third kappa shape index (κ3) is 4.43. The molecular weight excluding hydrogens is 172 g/mol. The third-order valence-corrected chi connectivity index (χ3v) is 3.04. The molecule has 14 heavy (non-hydrogen) atoms. The molecule has 1 aliphatic rings. The summed E-state index contributed by atoms with van der Waals surface area (Å²) in [7, 11) is 0. The van der Waals surface area contributed by atoms with Gasteiger partial charge in [0.2, 0.25) is 0 Å². The van der Waals surface area contributed by atoms with Crippen LogP contribution in [0.3, 0.4) is 0 Å². The summed E-state index contributed by atoms with van der Waals surface area (Å²) in [5.41, 5.74) is 0. The van der Waals surface area contributed by atoms with E-state index in [1.54, 1.807) is 0 Å². The van der Waals surface area contributed by atoms with E-state index in [2.05, 4.69) is 24.1 Å². The van der Waals surface area contributed by atoms with Crippen LogP contribution in [-0.2, 0) is 0 Å². The highest BCUT2D eigenvalue weighted by molar-refractivity contribution is 4.75. The summed E-state index contributed by atoms with van der Waals surface area (Å²) in [5.74, 6) is 0. The monoisotopic (exact) mass is 198 g/mol. The van der Waals surface area contributed by atoms with E-state index in [0.29, 0.717) is 0 Å². The molecular formula is C12H26N2. The van der Waals surface area contributed by atoms with Crippen molar-refractivity contribution in [3.05, 3.63) is 0 Å². The summed E-state index contributed by atoms with van der Waals surface area (Å²) in [4.78, 5) is 2.61. The van der Waals surface area contributed by atoms with Gasteiger partial charge in [-0.25, -0.2) is 0 Å². The van der Waals surface area contributed by atoms with Crippen LogP contribution in [0, 0.1) is 0 Å². The van der Waals surface area contributed by atoms with Crippen molar-refractivity contribution in [3.8, 4) is 0 Å². The van der Waals surface area contributed by atoms with Crippen LogP contribution in [0.5, 0.6) is 0 Å². The molecule has 1 fully saturated rings. The van der Waals surface area contributed by atoms with Gasteiger partial charge in [-0.2, -0.15) is 0 Å². The van der Waals surface area contributed by atoms with E-state index in [4.69, 9.17) is 0 Å². The quantitative estimate of drug-likeness (QED) is 0.675. The molecule has 2 heteroatoms. The molecule has 0 aromatic carbocycles. The highest BCUT2D eigenvalue weighted by Gasteiger charge is 2.14. The third-order valence-electron chi connectivity index (χ3n) is 3.04. The lowest BCUT2D eigenvalue weighted by Gasteiger charge is -2.22. The van der Waals surface area contributed by atoms with Crippen LogP contribution in [0.1, 0.15) is 46.0 Å². The zero-order valence-corrected chi connectivity index (χ0v) is 9.89. The molecule has 1 N–H and O–H groups in total. The van der Waals surface area contributed by atoms with Gasteiger partial charge >= 0.3 is 0 Å². The van der Waals surface area contributed by atoms with E-state index in [-0.39, 0.29) is 0 Å². The summed E-state index contributed by atoms with van der Waals surface area (Å²) < 4.78 is 0. The summed E-state index contributed by atoms with van der Waals surface area (Å²) in [6, 6.07) is 0.811. The van der Waals surface area contributed by atoms with Crippen LogP contribution in [-0.4, -0.2) is 37.1 Å². The zero-order chi connectivity index (χ0) is 10.2. The van der Waals surface area contributed by atoms with Crippen LogP contribution >= 0.6 is 0 Å². The van der Waals surface area contributed by atoms with Gasteiger partial charge in [0.1, 0.15) is 0 Å². The standard InChI is InChI=1S/C12H26N2/c1-3-9-14(10-4-2)11-7-12-6-5-8-13-12/h12-13H,3-11H2,1-2H3. The SMILES string of the molecule is CCCN(CCC)CCC1CCCN1. The summed E-state index contributed by atoms with van der Waals surface area (Å²) >= 11 is 0. The number of nitrogens with one attached hydrogen (secondary N) is 1. The molecule has 84 valence electrons. The topological polar surface area (TPSA) is 15.3 Å². The van der Waals surface area contributed by atoms with Crippen molar-refractivity contribution >= 4 is 0 Å². The first kappa shape index (κ1) is 12.0. The lowest BCUT2D eigenvalue weighted by molar-refractivity contribution is 0.260. The molecule has 0 aromatic rings. The number of nitrogens with zero attached hydrogens (tertiary/aromatic N) is 1. The Morgan fingerprint density at radius 2 is 1.86 bits per heavy atom. The van der Waals surface area contributed by atoms with E-state index >= 15 is 0 Å². The molecule has 1 unspecified atom stereocenters. The number of hydrogen-bond donors (Lipinski definition) is 1. The maximum Gasteiger partial charge on any atom is 0.00797 e. The second-order valence-electron chi connectivity index (χ2n) is 4.42. The van der Waals surface area contributed by atoms with Crippen LogP contribution in [0.25, 0.3) is 0 Å². The molecule has 1 rings (SSSR count). The van der Waals surface area contributed by atoms with Crippen molar-refractivity contribution in [2.24, 2.45) is 0 Å². The molecule has 0 bridgehead atoms. The molecule has 1 saturated heterocycles. The number of hydrogen-bond acceptors (Lipinski definition) is 2. The fraction of sp³-hybridized carbons (Fsp3) is 1.00. The van der Waals surface area contributed by atoms with E-state index in [9.17, 15) is 0 Å². The van der Waals surface area contributed by atoms with Gasteiger partial charge in [-0.05, 0) is 58.3 Å². The molecule has 0 radical (unpaired) electrons. The predicted octanol–water partition coefficient (Wildman–Crippen LogP) is 2.25. The van der Waals surface area contributed by atoms with Gasteiger partial charge in [0.05, 0.1) is 0 Å². The fourth-order valence-electron chi connectivity index (χ4n) is 2.31. The Kier molecular flexibility index (Phi) is 6.20. The minimum atomic E-state index is 0.811. The molecule has 1 atom stereocenters. The van der Waals surface area contributed by atoms with Crippen molar-refractivity contribution in [3.63, 3.8) is 0 Å². The predicted molar refractivity (Wildman–Crippen MR) is 62.7 cm³/mol. The molecule has 0 aliphatic carbocycles. The first-order chi connectivity index (χ1) is 6.86. The summed E-state index contributed by atoms with van der Waals surface area (Å²) in [6.45, 7) is 9.64. The Morgan fingerprint density at radius 3 is 2.36 bits per heavy atom. The average Bonchev–Trinajstić information content (AvgIpc) is 2.67. The van der Waals surface area contributed by atoms with Gasteiger partial charge in [0.15, 0.2) is 0 Å². The van der Waals surface area contributed by atoms with Gasteiger partial charge in [-0.3, -0.25) is 0 Å². The first-order valence-electron chi connectivity index (χ1n) is 6.32. The Bertz CT molecular complexity index is 124. The zero-order valence-electron chi connectivity index (χ0n) is 9.89. The lowest BCUT2D eigenvalue weighted by Crippen LogP contribution is -2.31. The van der Waals surface area contributed by atoms with E-state index in [0.717, 1.165) is 6.04 Å². The highest BCUT2D eigenvalue weighted by Crippen LogP contribution is 2.09. The largest absolute Gasteiger partial charge is 0.314 e. The number of rotatable bonds is 7. The van der Waals surface area contributed by atoms with Crippen LogP contribution in [0.4, 0.5) is 0 Å². The van der Waals surface area contributed by atoms with Gasteiger partial charge < -0.3 is 10.2 Å². The Hall–Kier alpha value is -0.0800. The molecule has 0 saturated carbocycles. The maximum atomic E-state index is 3.57. The molecule has 1 aliphatic heterocycles. The van der Waals surface area contributed by atoms with Crippen LogP contribution < -0.4 is 5.32 Å². The van der Waals surface area contributed by atoms with Crippen LogP contribution in [0.2, 0.25) is 0 Å². The normalized spacial score (nSPS) is 22.1. The summed E-state index contributed by atoms with van der Waals surface area (Å²) in [5, 5.41) is 3.57. The first-order valence-corrected chi connectivity index (χ1v) is 6.32. The maximum absolute atomic E-state index is 3.57. The molecule has 1 heterocycles. The smallest absolute Gasteiger partial charge is 0.00797 e. The lowest BCUT2D eigenvalue weighted by atomic mass is 10.1. The minimum absolute atomic E-state index is 0.811. The van der Waals surface area contributed by atoms with Crippen molar-refractivity contribution in [2.75, 3.05) is 26.2 Å². The Balaban J connectivity index is 2.10.